The van der Waals surface area contributed by atoms with Crippen LogP contribution >= 0.6 is 0 Å². The summed E-state index contributed by atoms with van der Waals surface area (Å²) in [4.78, 5) is 11.9. The van der Waals surface area contributed by atoms with Crippen molar-refractivity contribution in [3.63, 3.8) is 0 Å². The summed E-state index contributed by atoms with van der Waals surface area (Å²) in [5.41, 5.74) is 6.39. The third kappa shape index (κ3) is 3.10. The molecule has 0 aliphatic carbocycles. The lowest BCUT2D eigenvalue weighted by Gasteiger charge is -2.13. The quantitative estimate of drug-likeness (QED) is 0.679. The molecule has 0 fully saturated rings. The van der Waals surface area contributed by atoms with Crippen LogP contribution in [-0.2, 0) is 4.74 Å². The average molecular weight is 259 g/mol. The van der Waals surface area contributed by atoms with Crippen LogP contribution in [0.25, 0.3) is 0 Å². The van der Waals surface area contributed by atoms with Crippen LogP contribution in [0.3, 0.4) is 0 Å². The summed E-state index contributed by atoms with van der Waals surface area (Å²) in [5.74, 6) is -1.20. The number of hydrogen-bond donors (Lipinski definition) is 1. The van der Waals surface area contributed by atoms with E-state index < -0.39 is 17.9 Å². The van der Waals surface area contributed by atoms with Gasteiger partial charge in [0.05, 0.1) is 11.3 Å². The van der Waals surface area contributed by atoms with E-state index in [1.807, 2.05) is 30.3 Å². The molecule has 0 aliphatic heterocycles. The van der Waals surface area contributed by atoms with Gasteiger partial charge in [0.1, 0.15) is 11.9 Å². The third-order valence-corrected chi connectivity index (χ3v) is 2.79. The van der Waals surface area contributed by atoms with Crippen LogP contribution in [-0.4, -0.2) is 5.97 Å². The summed E-state index contributed by atoms with van der Waals surface area (Å²) >= 11 is 0. The fourth-order valence-electron chi connectivity index (χ4n) is 1.67. The van der Waals surface area contributed by atoms with Gasteiger partial charge in [-0.15, -0.1) is 0 Å². The van der Waals surface area contributed by atoms with E-state index in [1.165, 1.54) is 12.1 Å². The lowest BCUT2D eigenvalue weighted by molar-refractivity contribution is 0.0337. The molecular weight excluding hydrogens is 245 g/mol. The number of carbonyl (C=O) groups excluding carboxylic acids is 1. The van der Waals surface area contributed by atoms with Crippen molar-refractivity contribution in [2.24, 2.45) is 0 Å². The van der Waals surface area contributed by atoms with Crippen LogP contribution in [0.5, 0.6) is 0 Å². The minimum atomic E-state index is -0.623. The molecule has 0 spiro atoms. The van der Waals surface area contributed by atoms with Crippen LogP contribution in [0.15, 0.2) is 48.5 Å². The Morgan fingerprint density at radius 2 is 1.89 bits per heavy atom. The molecule has 0 radical (unpaired) electrons. The number of rotatable bonds is 3. The molecule has 2 aromatic rings. The lowest BCUT2D eigenvalue weighted by atomic mass is 10.1. The average Bonchev–Trinajstić information content (AvgIpc) is 2.42. The number of nitrogen functional groups attached to an aromatic ring is 1. The van der Waals surface area contributed by atoms with Crippen molar-refractivity contribution in [3.05, 3.63) is 65.5 Å². The normalized spacial score (nSPS) is 11.9. The van der Waals surface area contributed by atoms with Gasteiger partial charge in [-0.1, -0.05) is 30.3 Å². The Kier molecular flexibility index (Phi) is 3.80. The van der Waals surface area contributed by atoms with Gasteiger partial charge < -0.3 is 10.5 Å². The highest BCUT2D eigenvalue weighted by Gasteiger charge is 2.14. The maximum atomic E-state index is 13.3. The molecule has 4 heteroatoms. The summed E-state index contributed by atoms with van der Waals surface area (Å²) < 4.78 is 18.5. The molecule has 0 saturated heterocycles. The first-order chi connectivity index (χ1) is 9.08. The van der Waals surface area contributed by atoms with Crippen molar-refractivity contribution in [2.45, 2.75) is 13.0 Å². The molecule has 3 nitrogen and oxygen atoms in total. The first-order valence-corrected chi connectivity index (χ1v) is 5.89. The van der Waals surface area contributed by atoms with E-state index in [4.69, 9.17) is 10.5 Å². The molecule has 2 N–H and O–H groups in total. The van der Waals surface area contributed by atoms with E-state index in [2.05, 4.69) is 0 Å². The molecule has 2 aromatic carbocycles. The Morgan fingerprint density at radius 1 is 1.21 bits per heavy atom. The minimum Gasteiger partial charge on any atom is -0.454 e. The first kappa shape index (κ1) is 13.1. The van der Waals surface area contributed by atoms with Gasteiger partial charge in [-0.05, 0) is 30.7 Å². The lowest BCUT2D eigenvalue weighted by Crippen LogP contribution is -2.09. The topological polar surface area (TPSA) is 52.3 Å². The third-order valence-electron chi connectivity index (χ3n) is 2.79. The molecule has 19 heavy (non-hydrogen) atoms. The van der Waals surface area contributed by atoms with Crippen molar-refractivity contribution >= 4 is 11.7 Å². The molecule has 0 heterocycles. The zero-order valence-electron chi connectivity index (χ0n) is 10.5. The Morgan fingerprint density at radius 3 is 2.53 bits per heavy atom. The molecule has 0 bridgehead atoms. The van der Waals surface area contributed by atoms with Gasteiger partial charge in [-0.3, -0.25) is 0 Å². The highest BCUT2D eigenvalue weighted by Crippen LogP contribution is 2.19. The molecule has 0 saturated carbocycles. The number of halogens is 1. The fourth-order valence-corrected chi connectivity index (χ4v) is 1.67. The molecule has 0 aromatic heterocycles. The van der Waals surface area contributed by atoms with Crippen molar-refractivity contribution < 1.29 is 13.9 Å². The number of nitrogens with two attached hydrogens (primary N) is 1. The van der Waals surface area contributed by atoms with E-state index in [0.717, 1.165) is 11.6 Å². The molecule has 0 amide bonds. The smallest absolute Gasteiger partial charge is 0.338 e. The van der Waals surface area contributed by atoms with Crippen LogP contribution in [0, 0.1) is 5.82 Å². The molecule has 0 aliphatic rings. The number of ether oxygens (including phenoxy) is 1. The summed E-state index contributed by atoms with van der Waals surface area (Å²) in [6, 6.07) is 13.2. The van der Waals surface area contributed by atoms with E-state index in [1.54, 1.807) is 6.92 Å². The van der Waals surface area contributed by atoms with Gasteiger partial charge in [-0.25, -0.2) is 9.18 Å². The summed E-state index contributed by atoms with van der Waals surface area (Å²) in [5, 5.41) is 0. The number of esters is 1. The van der Waals surface area contributed by atoms with Gasteiger partial charge in [0.15, 0.2) is 0 Å². The van der Waals surface area contributed by atoms with Crippen LogP contribution < -0.4 is 5.73 Å². The summed E-state index contributed by atoms with van der Waals surface area (Å²) in [7, 11) is 0. The van der Waals surface area contributed by atoms with E-state index in [0.29, 0.717) is 0 Å². The SMILES string of the molecule is CC(OC(=O)c1ccc(N)c(F)c1)c1ccccc1. The zero-order chi connectivity index (χ0) is 13.8. The van der Waals surface area contributed by atoms with Crippen molar-refractivity contribution in [2.75, 3.05) is 5.73 Å². The number of benzene rings is 2. The van der Waals surface area contributed by atoms with Crippen molar-refractivity contribution in [1.29, 1.82) is 0 Å². The predicted octanol–water partition coefficient (Wildman–Crippen LogP) is 3.33. The maximum Gasteiger partial charge on any atom is 0.338 e. The monoisotopic (exact) mass is 259 g/mol. The Balaban J connectivity index is 2.11. The first-order valence-electron chi connectivity index (χ1n) is 5.89. The Bertz CT molecular complexity index is 584. The summed E-state index contributed by atoms with van der Waals surface area (Å²) in [6.07, 6.45) is -0.394. The second kappa shape index (κ2) is 5.52. The Labute approximate surface area is 110 Å². The van der Waals surface area contributed by atoms with Gasteiger partial charge in [-0.2, -0.15) is 0 Å². The highest BCUT2D eigenvalue weighted by atomic mass is 19.1. The van der Waals surface area contributed by atoms with E-state index in [-0.39, 0.29) is 11.3 Å². The van der Waals surface area contributed by atoms with Gasteiger partial charge in [0.2, 0.25) is 0 Å². The maximum absolute atomic E-state index is 13.3. The largest absolute Gasteiger partial charge is 0.454 e. The minimum absolute atomic E-state index is 0.00709. The second-order valence-electron chi connectivity index (χ2n) is 4.19. The number of hydrogen-bond acceptors (Lipinski definition) is 3. The molecule has 98 valence electrons. The Hall–Kier alpha value is -2.36. The number of anilines is 1. The fraction of sp³-hybridized carbons (Fsp3) is 0.133. The van der Waals surface area contributed by atoms with Gasteiger partial charge in [0, 0.05) is 0 Å². The molecule has 2 rings (SSSR count). The van der Waals surface area contributed by atoms with E-state index >= 15 is 0 Å². The standard InChI is InChI=1S/C15H14FNO2/c1-10(11-5-3-2-4-6-11)19-15(18)12-7-8-14(17)13(16)9-12/h2-10H,17H2,1H3. The zero-order valence-corrected chi connectivity index (χ0v) is 10.5. The number of carbonyl (C=O) groups is 1. The van der Waals surface area contributed by atoms with Crippen LogP contribution in [0.4, 0.5) is 10.1 Å². The van der Waals surface area contributed by atoms with Gasteiger partial charge in [0.25, 0.3) is 0 Å². The molecule has 1 atom stereocenters. The van der Waals surface area contributed by atoms with E-state index in [9.17, 15) is 9.18 Å². The van der Waals surface area contributed by atoms with Crippen LogP contribution in [0.1, 0.15) is 28.9 Å². The second-order valence-corrected chi connectivity index (χ2v) is 4.19. The van der Waals surface area contributed by atoms with Crippen LogP contribution in [0.2, 0.25) is 0 Å². The highest BCUT2D eigenvalue weighted by molar-refractivity contribution is 5.90. The summed E-state index contributed by atoms with van der Waals surface area (Å²) in [6.45, 7) is 1.76. The molecular formula is C15H14FNO2. The molecule has 1 unspecified atom stereocenters. The van der Waals surface area contributed by atoms with Crippen molar-refractivity contribution in [1.82, 2.24) is 0 Å². The van der Waals surface area contributed by atoms with Crippen molar-refractivity contribution in [3.8, 4) is 0 Å². The predicted molar refractivity (Wildman–Crippen MR) is 71.1 cm³/mol. The van der Waals surface area contributed by atoms with Gasteiger partial charge >= 0.3 is 5.97 Å².